The Balaban J connectivity index is 1.54. The lowest BCUT2D eigenvalue weighted by molar-refractivity contribution is -0.220. The van der Waals surface area contributed by atoms with Crippen LogP contribution >= 0.6 is 0 Å². The van der Waals surface area contributed by atoms with Crippen molar-refractivity contribution in [2.24, 2.45) is 0 Å². The van der Waals surface area contributed by atoms with Crippen LogP contribution in [0.1, 0.15) is 43.6 Å². The van der Waals surface area contributed by atoms with Gasteiger partial charge < -0.3 is 0 Å². The first-order valence-corrected chi connectivity index (χ1v) is 8.21. The summed E-state index contributed by atoms with van der Waals surface area (Å²) in [6.07, 6.45) is 11.8. The van der Waals surface area contributed by atoms with Gasteiger partial charge in [0.1, 0.15) is 0 Å². The van der Waals surface area contributed by atoms with Gasteiger partial charge in [0, 0.05) is 30.1 Å². The Morgan fingerprint density at radius 3 is 2.30 bits per heavy atom. The zero-order chi connectivity index (χ0) is 13.1. The van der Waals surface area contributed by atoms with Crippen LogP contribution in [-0.2, 0) is 0 Å². The minimum atomic E-state index is 0.680. The van der Waals surface area contributed by atoms with Crippen molar-refractivity contribution >= 4 is 0 Å². The van der Waals surface area contributed by atoms with Gasteiger partial charge in [0.2, 0.25) is 0 Å². The van der Waals surface area contributed by atoms with E-state index in [2.05, 4.69) is 52.5 Å². The molecule has 2 nitrogen and oxygen atoms in total. The monoisotopic (exact) mass is 266 g/mol. The number of hydrogen-bond acceptors (Lipinski definition) is 2. The van der Waals surface area contributed by atoms with E-state index >= 15 is 0 Å². The lowest BCUT2D eigenvalue weighted by Crippen LogP contribution is -2.72. The fraction of sp³-hybridized carbons (Fsp3) is 0.556. The second-order valence-corrected chi connectivity index (χ2v) is 6.91. The van der Waals surface area contributed by atoms with Crippen LogP contribution in [-0.4, -0.2) is 34.2 Å². The molecule has 4 bridgehead atoms. The molecule has 7 atom stereocenters. The normalized spacial score (nSPS) is 48.3. The first-order valence-electron chi connectivity index (χ1n) is 8.21. The number of nitrogens with zero attached hydrogens (tertiary/aromatic N) is 2. The first kappa shape index (κ1) is 11.5. The van der Waals surface area contributed by atoms with Gasteiger partial charge in [0.15, 0.2) is 0 Å². The molecular weight excluding hydrogens is 244 g/mol. The van der Waals surface area contributed by atoms with Gasteiger partial charge in [-0.15, -0.1) is 0 Å². The van der Waals surface area contributed by atoms with Crippen molar-refractivity contribution in [1.82, 2.24) is 10.0 Å². The van der Waals surface area contributed by atoms with E-state index in [1.165, 1.54) is 32.1 Å². The smallest absolute Gasteiger partial charge is 0.0430 e. The Morgan fingerprint density at radius 1 is 0.800 bits per heavy atom. The van der Waals surface area contributed by atoms with E-state index in [9.17, 15) is 0 Å². The molecule has 1 aromatic rings. The summed E-state index contributed by atoms with van der Waals surface area (Å²) in [6, 6.07) is 14.1. The number of hydrogen-bond donors (Lipinski definition) is 0. The highest BCUT2D eigenvalue weighted by Gasteiger charge is 2.52. The third kappa shape index (κ3) is 1.47. The highest BCUT2D eigenvalue weighted by molar-refractivity contribution is 5.26. The highest BCUT2D eigenvalue weighted by Crippen LogP contribution is 2.49. The Kier molecular flexibility index (Phi) is 2.41. The van der Waals surface area contributed by atoms with Crippen molar-refractivity contribution < 1.29 is 0 Å². The minimum Gasteiger partial charge on any atom is -0.231 e. The standard InChI is InChI=1S/C18H22N2/c1-2-4-13(5-3-1)17-12-16-10-11-18(17)20-15-8-6-14(7-9-15)19(16)20/h1-6,8,14-18H,7,9-12H2/t14-,15+,16+,17-,18-/m1/s1. The fourth-order valence-electron chi connectivity index (χ4n) is 5.20. The first-order chi connectivity index (χ1) is 9.92. The van der Waals surface area contributed by atoms with Crippen molar-refractivity contribution in [3.8, 4) is 0 Å². The molecule has 0 amide bonds. The molecule has 4 heterocycles. The predicted octanol–water partition coefficient (Wildman–Crippen LogP) is 3.32. The van der Waals surface area contributed by atoms with Crippen molar-refractivity contribution in [3.05, 3.63) is 48.0 Å². The van der Waals surface area contributed by atoms with E-state index in [0.717, 1.165) is 18.0 Å². The van der Waals surface area contributed by atoms with Crippen LogP contribution in [0.3, 0.4) is 0 Å². The molecule has 4 aliphatic heterocycles. The average Bonchev–Trinajstić information content (AvgIpc) is 2.57. The molecule has 1 aromatic carbocycles. The van der Waals surface area contributed by atoms with Crippen molar-refractivity contribution in [1.29, 1.82) is 0 Å². The van der Waals surface area contributed by atoms with Crippen LogP contribution in [0, 0.1) is 0 Å². The van der Waals surface area contributed by atoms with Crippen molar-refractivity contribution in [2.45, 2.75) is 62.2 Å². The summed E-state index contributed by atoms with van der Waals surface area (Å²) in [5, 5.41) is 5.55. The Labute approximate surface area is 121 Å². The van der Waals surface area contributed by atoms with Gasteiger partial charge in [-0.25, -0.2) is 10.0 Å². The molecule has 1 saturated carbocycles. The summed E-state index contributed by atoms with van der Waals surface area (Å²) in [4.78, 5) is 0. The molecule has 7 rings (SSSR count). The van der Waals surface area contributed by atoms with Gasteiger partial charge in [-0.2, -0.15) is 0 Å². The Hall–Kier alpha value is -1.12. The van der Waals surface area contributed by atoms with Crippen molar-refractivity contribution in [3.63, 3.8) is 0 Å². The molecule has 2 unspecified atom stereocenters. The molecule has 20 heavy (non-hydrogen) atoms. The topological polar surface area (TPSA) is 6.48 Å². The van der Waals surface area contributed by atoms with Gasteiger partial charge in [0.25, 0.3) is 0 Å². The predicted molar refractivity (Wildman–Crippen MR) is 80.2 cm³/mol. The van der Waals surface area contributed by atoms with Crippen molar-refractivity contribution in [2.75, 3.05) is 0 Å². The lowest BCUT2D eigenvalue weighted by atomic mass is 9.72. The largest absolute Gasteiger partial charge is 0.231 e. The van der Waals surface area contributed by atoms with Gasteiger partial charge in [0.05, 0.1) is 0 Å². The molecule has 0 aromatic heterocycles. The SMILES string of the molecule is C1=C[C@H]2CC[C@@H]1N1[C@H]3CC[C@H]([C@@H](c4ccccc4)C3)N21. The van der Waals surface area contributed by atoms with Crippen LogP contribution in [0.4, 0.5) is 0 Å². The summed E-state index contributed by atoms with van der Waals surface area (Å²) >= 11 is 0. The van der Waals surface area contributed by atoms with E-state index in [1.54, 1.807) is 5.56 Å². The number of hydrazine groups is 1. The molecule has 2 heteroatoms. The molecule has 3 saturated heterocycles. The van der Waals surface area contributed by atoms with E-state index < -0.39 is 0 Å². The summed E-state index contributed by atoms with van der Waals surface area (Å²) in [7, 11) is 0. The van der Waals surface area contributed by atoms with Gasteiger partial charge in [-0.3, -0.25) is 0 Å². The molecular formula is C18H22N2. The van der Waals surface area contributed by atoms with Gasteiger partial charge in [-0.05, 0) is 37.7 Å². The molecule has 0 spiro atoms. The summed E-state index contributed by atoms with van der Waals surface area (Å²) < 4.78 is 0. The van der Waals surface area contributed by atoms with Crippen LogP contribution in [0.15, 0.2) is 42.5 Å². The molecule has 4 fully saturated rings. The third-order valence-electron chi connectivity index (χ3n) is 5.99. The second kappa shape index (κ2) is 4.19. The molecule has 6 aliphatic rings. The molecule has 2 aliphatic carbocycles. The summed E-state index contributed by atoms with van der Waals surface area (Å²) in [5.74, 6) is 0.749. The van der Waals surface area contributed by atoms with Gasteiger partial charge in [-0.1, -0.05) is 42.5 Å². The fourth-order valence-corrected chi connectivity index (χ4v) is 5.20. The average molecular weight is 266 g/mol. The summed E-state index contributed by atoms with van der Waals surface area (Å²) in [5.41, 5.74) is 1.56. The number of fused-ring (bicyclic) bond motifs is 3. The maximum atomic E-state index is 2.78. The van der Waals surface area contributed by atoms with Gasteiger partial charge >= 0.3 is 0 Å². The maximum Gasteiger partial charge on any atom is 0.0430 e. The maximum absolute atomic E-state index is 2.78. The lowest BCUT2D eigenvalue weighted by Gasteiger charge is -2.64. The van der Waals surface area contributed by atoms with Crippen LogP contribution in [0.25, 0.3) is 0 Å². The Bertz CT molecular complexity index is 538. The van der Waals surface area contributed by atoms with Crippen LogP contribution in [0.5, 0.6) is 0 Å². The second-order valence-electron chi connectivity index (χ2n) is 6.91. The third-order valence-corrected chi connectivity index (χ3v) is 5.99. The van der Waals surface area contributed by atoms with Crippen LogP contribution in [0.2, 0.25) is 0 Å². The molecule has 104 valence electrons. The van der Waals surface area contributed by atoms with E-state index in [-0.39, 0.29) is 0 Å². The van der Waals surface area contributed by atoms with E-state index in [0.29, 0.717) is 12.1 Å². The minimum absolute atomic E-state index is 0.680. The highest BCUT2D eigenvalue weighted by atomic mass is 15.7. The zero-order valence-corrected chi connectivity index (χ0v) is 11.9. The zero-order valence-electron chi connectivity index (χ0n) is 11.9. The number of rotatable bonds is 1. The molecule has 0 N–H and O–H groups in total. The molecule has 0 radical (unpaired) electrons. The Morgan fingerprint density at radius 2 is 1.55 bits per heavy atom. The van der Waals surface area contributed by atoms with E-state index in [1.807, 2.05) is 0 Å². The summed E-state index contributed by atoms with van der Waals surface area (Å²) in [6.45, 7) is 0. The van der Waals surface area contributed by atoms with E-state index in [4.69, 9.17) is 0 Å². The quantitative estimate of drug-likeness (QED) is 0.719. The number of benzene rings is 1. The van der Waals surface area contributed by atoms with Crippen LogP contribution < -0.4 is 0 Å².